The van der Waals surface area contributed by atoms with Crippen LogP contribution in [0, 0.1) is 5.82 Å². The molecule has 0 bridgehead atoms. The van der Waals surface area contributed by atoms with E-state index < -0.39 is 5.82 Å². The first-order chi connectivity index (χ1) is 12.1. The molecule has 130 valence electrons. The Hall–Kier alpha value is -2.89. The quantitative estimate of drug-likeness (QED) is 0.908. The summed E-state index contributed by atoms with van der Waals surface area (Å²) in [5.41, 5.74) is 2.03. The Morgan fingerprint density at radius 3 is 2.60 bits per heavy atom. The van der Waals surface area contributed by atoms with Gasteiger partial charge < -0.3 is 15.0 Å². The molecule has 6 heteroatoms. The first-order valence-corrected chi connectivity index (χ1v) is 8.09. The van der Waals surface area contributed by atoms with Gasteiger partial charge in [-0.2, -0.15) is 0 Å². The van der Waals surface area contributed by atoms with E-state index in [-0.39, 0.29) is 24.0 Å². The van der Waals surface area contributed by atoms with Crippen molar-refractivity contribution in [3.05, 3.63) is 53.8 Å². The van der Waals surface area contributed by atoms with E-state index in [1.165, 1.54) is 19.2 Å². The maximum absolute atomic E-state index is 13.7. The number of hydrogen-bond acceptors (Lipinski definition) is 3. The Morgan fingerprint density at radius 2 is 2.00 bits per heavy atom. The van der Waals surface area contributed by atoms with Crippen LogP contribution in [0.25, 0.3) is 0 Å². The molecule has 5 nitrogen and oxygen atoms in total. The molecule has 0 radical (unpaired) electrons. The largest absolute Gasteiger partial charge is 0.494 e. The molecule has 1 saturated heterocycles. The third-order valence-electron chi connectivity index (χ3n) is 4.12. The van der Waals surface area contributed by atoms with Gasteiger partial charge in [0.2, 0.25) is 11.8 Å². The van der Waals surface area contributed by atoms with Crippen LogP contribution in [0.1, 0.15) is 18.4 Å². The average Bonchev–Trinajstić information content (AvgIpc) is 3.02. The lowest BCUT2D eigenvalue weighted by atomic mass is 10.1. The highest BCUT2D eigenvalue weighted by Crippen LogP contribution is 2.23. The van der Waals surface area contributed by atoms with Crippen LogP contribution >= 0.6 is 0 Å². The van der Waals surface area contributed by atoms with Crippen molar-refractivity contribution >= 4 is 23.2 Å². The van der Waals surface area contributed by atoms with E-state index in [9.17, 15) is 14.0 Å². The average molecular weight is 342 g/mol. The lowest BCUT2D eigenvalue weighted by Gasteiger charge is -2.16. The summed E-state index contributed by atoms with van der Waals surface area (Å²) in [4.78, 5) is 25.6. The van der Waals surface area contributed by atoms with Gasteiger partial charge in [0.25, 0.3) is 0 Å². The first kappa shape index (κ1) is 17.0. The summed E-state index contributed by atoms with van der Waals surface area (Å²) in [7, 11) is 1.39. The monoisotopic (exact) mass is 342 g/mol. The lowest BCUT2D eigenvalue weighted by molar-refractivity contribution is -0.117. The minimum atomic E-state index is -0.493. The normalized spacial score (nSPS) is 13.8. The lowest BCUT2D eigenvalue weighted by Crippen LogP contribution is -2.23. The molecule has 0 atom stereocenters. The number of anilines is 2. The highest BCUT2D eigenvalue weighted by molar-refractivity contribution is 5.96. The second kappa shape index (κ2) is 7.34. The minimum Gasteiger partial charge on any atom is -0.494 e. The Labute approximate surface area is 145 Å². The molecule has 1 fully saturated rings. The number of rotatable bonds is 5. The first-order valence-electron chi connectivity index (χ1n) is 8.09. The van der Waals surface area contributed by atoms with Crippen molar-refractivity contribution in [2.75, 3.05) is 23.9 Å². The van der Waals surface area contributed by atoms with Gasteiger partial charge in [0.15, 0.2) is 11.6 Å². The third kappa shape index (κ3) is 3.96. The fourth-order valence-electron chi connectivity index (χ4n) is 2.86. The van der Waals surface area contributed by atoms with Crippen molar-refractivity contribution in [3.63, 3.8) is 0 Å². The van der Waals surface area contributed by atoms with Gasteiger partial charge >= 0.3 is 0 Å². The van der Waals surface area contributed by atoms with Crippen LogP contribution in [0.15, 0.2) is 42.5 Å². The van der Waals surface area contributed by atoms with E-state index >= 15 is 0 Å². The molecule has 0 spiro atoms. The summed E-state index contributed by atoms with van der Waals surface area (Å²) in [6.07, 6.45) is 1.51. The molecule has 25 heavy (non-hydrogen) atoms. The number of nitrogens with zero attached hydrogens (tertiary/aromatic N) is 1. The number of methoxy groups -OCH3 is 1. The highest BCUT2D eigenvalue weighted by Gasteiger charge is 2.21. The molecule has 0 saturated carbocycles. The zero-order valence-electron chi connectivity index (χ0n) is 13.9. The van der Waals surface area contributed by atoms with Crippen LogP contribution in [0.2, 0.25) is 0 Å². The summed E-state index contributed by atoms with van der Waals surface area (Å²) < 4.78 is 18.5. The molecule has 2 aromatic rings. The number of halogens is 1. The number of hydrogen-bond donors (Lipinski definition) is 1. The van der Waals surface area contributed by atoms with Gasteiger partial charge in [-0.05, 0) is 48.4 Å². The predicted molar refractivity (Wildman–Crippen MR) is 93.3 cm³/mol. The van der Waals surface area contributed by atoms with Crippen molar-refractivity contribution in [1.29, 1.82) is 0 Å². The summed E-state index contributed by atoms with van der Waals surface area (Å²) in [6, 6.07) is 11.6. The maximum Gasteiger partial charge on any atom is 0.228 e. The Morgan fingerprint density at radius 1 is 1.24 bits per heavy atom. The van der Waals surface area contributed by atoms with E-state index in [1.807, 2.05) is 12.1 Å². The van der Waals surface area contributed by atoms with Gasteiger partial charge in [0.05, 0.1) is 13.5 Å². The number of nitrogens with one attached hydrogen (secondary N) is 1. The second-order valence-corrected chi connectivity index (χ2v) is 5.89. The number of benzene rings is 2. The number of carbonyl (C=O) groups is 2. The maximum atomic E-state index is 13.7. The molecule has 0 aromatic heterocycles. The van der Waals surface area contributed by atoms with Gasteiger partial charge in [-0.15, -0.1) is 0 Å². The highest BCUT2D eigenvalue weighted by atomic mass is 19.1. The zero-order chi connectivity index (χ0) is 17.8. The van der Waals surface area contributed by atoms with Crippen LogP contribution in [0.5, 0.6) is 5.75 Å². The van der Waals surface area contributed by atoms with E-state index in [0.717, 1.165) is 18.7 Å². The predicted octanol–water partition coefficient (Wildman–Crippen LogP) is 3.14. The molecular formula is C19H19FN2O3. The summed E-state index contributed by atoms with van der Waals surface area (Å²) in [5, 5.41) is 2.77. The molecular weight excluding hydrogens is 323 g/mol. The molecule has 1 aliphatic rings. The van der Waals surface area contributed by atoms with Crippen LogP contribution in [0.4, 0.5) is 15.8 Å². The van der Waals surface area contributed by atoms with Gasteiger partial charge in [0.1, 0.15) is 0 Å². The van der Waals surface area contributed by atoms with E-state index in [0.29, 0.717) is 17.7 Å². The van der Waals surface area contributed by atoms with Gasteiger partial charge in [-0.25, -0.2) is 4.39 Å². The van der Waals surface area contributed by atoms with E-state index in [4.69, 9.17) is 4.74 Å². The fraction of sp³-hybridized carbons (Fsp3) is 0.263. The topological polar surface area (TPSA) is 58.6 Å². The van der Waals surface area contributed by atoms with Gasteiger partial charge in [-0.3, -0.25) is 9.59 Å². The molecule has 3 rings (SSSR count). The molecule has 1 aliphatic heterocycles. The van der Waals surface area contributed by atoms with Crippen LogP contribution in [-0.4, -0.2) is 25.5 Å². The van der Waals surface area contributed by atoms with Crippen molar-refractivity contribution in [2.24, 2.45) is 0 Å². The summed E-state index contributed by atoms with van der Waals surface area (Å²) >= 11 is 0. The number of carbonyl (C=O) groups excluding carboxylic acids is 2. The smallest absolute Gasteiger partial charge is 0.228 e. The fourth-order valence-corrected chi connectivity index (χ4v) is 2.86. The van der Waals surface area contributed by atoms with Crippen molar-refractivity contribution in [3.8, 4) is 5.75 Å². The van der Waals surface area contributed by atoms with Crippen molar-refractivity contribution in [1.82, 2.24) is 0 Å². The van der Waals surface area contributed by atoms with Crippen molar-refractivity contribution in [2.45, 2.75) is 19.3 Å². The van der Waals surface area contributed by atoms with Gasteiger partial charge in [0, 0.05) is 24.3 Å². The van der Waals surface area contributed by atoms with Crippen LogP contribution in [0.3, 0.4) is 0 Å². The molecule has 1 heterocycles. The minimum absolute atomic E-state index is 0.0628. The van der Waals surface area contributed by atoms with Crippen molar-refractivity contribution < 1.29 is 18.7 Å². The second-order valence-electron chi connectivity index (χ2n) is 5.89. The Balaban J connectivity index is 1.61. The van der Waals surface area contributed by atoms with Gasteiger partial charge in [-0.1, -0.05) is 6.07 Å². The molecule has 1 N–H and O–H groups in total. The number of ether oxygens (including phenoxy) is 1. The van der Waals surface area contributed by atoms with Crippen LogP contribution < -0.4 is 15.0 Å². The standard InChI is InChI=1S/C19H19FN2O3/c1-25-17-9-4-13(11-16(17)20)12-18(23)21-14-5-7-15(8-6-14)22-10-2-3-19(22)24/h4-9,11H,2-3,10,12H2,1H3,(H,21,23). The zero-order valence-corrected chi connectivity index (χ0v) is 13.9. The van der Waals surface area contributed by atoms with E-state index in [1.54, 1.807) is 23.1 Å². The molecule has 2 amide bonds. The van der Waals surface area contributed by atoms with E-state index in [2.05, 4.69) is 5.32 Å². The molecule has 2 aromatic carbocycles. The molecule has 0 aliphatic carbocycles. The summed E-state index contributed by atoms with van der Waals surface area (Å²) in [5.74, 6) is -0.462. The Kier molecular flexibility index (Phi) is 4.97. The van der Waals surface area contributed by atoms with Crippen LogP contribution in [-0.2, 0) is 16.0 Å². The summed E-state index contributed by atoms with van der Waals surface area (Å²) in [6.45, 7) is 0.730. The number of amides is 2. The molecule has 0 unspecified atom stereocenters. The Bertz CT molecular complexity index is 790. The third-order valence-corrected chi connectivity index (χ3v) is 4.12. The SMILES string of the molecule is COc1ccc(CC(=O)Nc2ccc(N3CCCC3=O)cc2)cc1F.